The lowest BCUT2D eigenvalue weighted by molar-refractivity contribution is -0.122. The van der Waals surface area contributed by atoms with Crippen LogP contribution in [0.25, 0.3) is 0 Å². The summed E-state index contributed by atoms with van der Waals surface area (Å²) < 4.78 is 0. The Bertz CT molecular complexity index is 777. The summed E-state index contributed by atoms with van der Waals surface area (Å²) in [5.74, 6) is 0.329. The van der Waals surface area contributed by atoms with Crippen LogP contribution < -0.4 is 5.73 Å². The highest BCUT2D eigenvalue weighted by Gasteiger charge is 2.38. The maximum Gasteiger partial charge on any atom is 0.222 e. The lowest BCUT2D eigenvalue weighted by atomic mass is 9.68. The molecule has 0 radical (unpaired) electrons. The number of aromatic hydroxyl groups is 1. The number of phenols is 1. The molecule has 0 aromatic heterocycles. The van der Waals surface area contributed by atoms with Gasteiger partial charge in [-0.05, 0) is 54.0 Å². The number of piperidine rings is 1. The van der Waals surface area contributed by atoms with Crippen molar-refractivity contribution in [3.8, 4) is 5.75 Å². The van der Waals surface area contributed by atoms with Crippen molar-refractivity contribution in [1.82, 2.24) is 4.90 Å². The van der Waals surface area contributed by atoms with Crippen LogP contribution in [0.3, 0.4) is 0 Å². The average molecular weight is 367 g/mol. The maximum absolute atomic E-state index is 12.0. The van der Waals surface area contributed by atoms with Crippen molar-refractivity contribution in [2.24, 2.45) is 17.6 Å². The molecule has 4 heteroatoms. The van der Waals surface area contributed by atoms with Crippen molar-refractivity contribution in [2.75, 3.05) is 19.6 Å². The van der Waals surface area contributed by atoms with Crippen LogP contribution in [0.15, 0.2) is 54.6 Å². The van der Waals surface area contributed by atoms with E-state index in [4.69, 9.17) is 5.73 Å². The summed E-state index contributed by atoms with van der Waals surface area (Å²) >= 11 is 0. The Morgan fingerprint density at radius 2 is 2.00 bits per heavy atom. The predicted molar refractivity (Wildman–Crippen MR) is 109 cm³/mol. The number of carbonyl (C=O) groups is 1. The molecule has 3 N–H and O–H groups in total. The first-order valence-corrected chi connectivity index (χ1v) is 9.73. The molecule has 1 saturated heterocycles. The molecule has 0 spiro atoms. The minimum atomic E-state index is -0.229. The highest BCUT2D eigenvalue weighted by molar-refractivity contribution is 5.77. The molecule has 0 aliphatic carbocycles. The van der Waals surface area contributed by atoms with E-state index in [1.54, 1.807) is 6.07 Å². The molecule has 4 nitrogen and oxygen atoms in total. The molecule has 1 aliphatic heterocycles. The summed E-state index contributed by atoms with van der Waals surface area (Å²) in [5.41, 5.74) is 8.06. The van der Waals surface area contributed by atoms with Crippen molar-refractivity contribution in [1.29, 1.82) is 0 Å². The largest absolute Gasteiger partial charge is 0.508 e. The van der Waals surface area contributed by atoms with Crippen LogP contribution in [0.5, 0.6) is 5.75 Å². The van der Waals surface area contributed by atoms with Gasteiger partial charge in [0.25, 0.3) is 0 Å². The number of hydrogen-bond acceptors (Lipinski definition) is 3. The van der Waals surface area contributed by atoms with Gasteiger partial charge >= 0.3 is 0 Å². The molecular formula is C23H30N2O2. The predicted octanol–water partition coefficient (Wildman–Crippen LogP) is 3.34. The SMILES string of the molecule is C[C@@H]1CN(C[C@H](Cc2ccccc2)C(N)=O)CC[C@@]1(C)c1cccc(O)c1. The van der Waals surface area contributed by atoms with Gasteiger partial charge in [-0.2, -0.15) is 0 Å². The fourth-order valence-electron chi connectivity index (χ4n) is 4.24. The zero-order valence-corrected chi connectivity index (χ0v) is 16.3. The second-order valence-corrected chi connectivity index (χ2v) is 8.17. The molecule has 3 rings (SSSR count). The maximum atomic E-state index is 12.0. The normalized spacial score (nSPS) is 24.4. The second-order valence-electron chi connectivity index (χ2n) is 8.17. The Balaban J connectivity index is 1.67. The summed E-state index contributed by atoms with van der Waals surface area (Å²) in [4.78, 5) is 14.4. The Labute approximate surface area is 162 Å². The van der Waals surface area contributed by atoms with Crippen molar-refractivity contribution in [2.45, 2.75) is 32.1 Å². The van der Waals surface area contributed by atoms with Crippen molar-refractivity contribution in [3.63, 3.8) is 0 Å². The van der Waals surface area contributed by atoms with Gasteiger partial charge in [0.15, 0.2) is 0 Å². The topological polar surface area (TPSA) is 66.6 Å². The van der Waals surface area contributed by atoms with E-state index in [0.29, 0.717) is 24.6 Å². The number of phenolic OH excluding ortho intramolecular Hbond substituents is 1. The first-order valence-electron chi connectivity index (χ1n) is 9.73. The van der Waals surface area contributed by atoms with Crippen LogP contribution in [-0.2, 0) is 16.6 Å². The number of carbonyl (C=O) groups excluding carboxylic acids is 1. The molecule has 2 aromatic rings. The van der Waals surface area contributed by atoms with Gasteiger partial charge in [-0.15, -0.1) is 0 Å². The molecule has 1 aliphatic rings. The number of benzene rings is 2. The van der Waals surface area contributed by atoms with E-state index in [1.165, 1.54) is 5.56 Å². The molecule has 0 saturated carbocycles. The summed E-state index contributed by atoms with van der Waals surface area (Å²) in [5, 5.41) is 9.85. The monoisotopic (exact) mass is 366 g/mol. The molecule has 2 aromatic carbocycles. The minimum absolute atomic E-state index is 0.0247. The van der Waals surface area contributed by atoms with Gasteiger partial charge in [-0.1, -0.05) is 56.3 Å². The summed E-state index contributed by atoms with van der Waals surface area (Å²) in [6.45, 7) is 7.08. The van der Waals surface area contributed by atoms with E-state index in [2.05, 4.69) is 24.8 Å². The zero-order valence-electron chi connectivity index (χ0n) is 16.3. The Kier molecular flexibility index (Phi) is 5.85. The molecule has 0 unspecified atom stereocenters. The molecular weight excluding hydrogens is 336 g/mol. The number of amides is 1. The molecule has 144 valence electrons. The van der Waals surface area contributed by atoms with Gasteiger partial charge < -0.3 is 15.7 Å². The van der Waals surface area contributed by atoms with E-state index >= 15 is 0 Å². The average Bonchev–Trinajstić information content (AvgIpc) is 2.65. The van der Waals surface area contributed by atoms with Gasteiger partial charge in [0.05, 0.1) is 5.92 Å². The van der Waals surface area contributed by atoms with Gasteiger partial charge in [0, 0.05) is 13.1 Å². The third-order valence-corrected chi connectivity index (χ3v) is 6.28. The number of nitrogens with two attached hydrogens (primary N) is 1. The van der Waals surface area contributed by atoms with E-state index in [-0.39, 0.29) is 17.2 Å². The smallest absolute Gasteiger partial charge is 0.222 e. The first-order chi connectivity index (χ1) is 12.9. The summed E-state index contributed by atoms with van der Waals surface area (Å²) in [6, 6.07) is 17.7. The minimum Gasteiger partial charge on any atom is -0.508 e. The highest BCUT2D eigenvalue weighted by Crippen LogP contribution is 2.40. The summed E-state index contributed by atoms with van der Waals surface area (Å²) in [6.07, 6.45) is 1.68. The zero-order chi connectivity index (χ0) is 19.4. The van der Waals surface area contributed by atoms with Crippen LogP contribution in [0.4, 0.5) is 0 Å². The van der Waals surface area contributed by atoms with Gasteiger partial charge in [-0.25, -0.2) is 0 Å². The van der Waals surface area contributed by atoms with Crippen molar-refractivity contribution >= 4 is 5.91 Å². The van der Waals surface area contributed by atoms with Crippen LogP contribution in [-0.4, -0.2) is 35.5 Å². The number of rotatable bonds is 6. The number of hydrogen-bond donors (Lipinski definition) is 2. The van der Waals surface area contributed by atoms with E-state index in [9.17, 15) is 9.90 Å². The van der Waals surface area contributed by atoms with Crippen LogP contribution in [0, 0.1) is 11.8 Å². The Morgan fingerprint density at radius 1 is 1.26 bits per heavy atom. The standard InChI is InChI=1S/C23H30N2O2/c1-17-15-25(12-11-23(17,2)20-9-6-10-21(26)14-20)16-19(22(24)27)13-18-7-4-3-5-8-18/h3-10,14,17,19,26H,11-13,15-16H2,1-2H3,(H2,24,27)/t17-,19+,23-/m1/s1. The van der Waals surface area contributed by atoms with Crippen molar-refractivity contribution in [3.05, 3.63) is 65.7 Å². The van der Waals surface area contributed by atoms with Gasteiger partial charge in [0.1, 0.15) is 5.75 Å². The van der Waals surface area contributed by atoms with E-state index in [1.807, 2.05) is 42.5 Å². The second kappa shape index (κ2) is 8.13. The van der Waals surface area contributed by atoms with Crippen molar-refractivity contribution < 1.29 is 9.90 Å². The molecule has 0 bridgehead atoms. The molecule has 1 amide bonds. The Morgan fingerprint density at radius 3 is 2.63 bits per heavy atom. The van der Waals surface area contributed by atoms with E-state index in [0.717, 1.165) is 25.1 Å². The molecule has 3 atom stereocenters. The fourth-order valence-corrected chi connectivity index (χ4v) is 4.24. The lowest BCUT2D eigenvalue weighted by Crippen LogP contribution is -2.49. The lowest BCUT2D eigenvalue weighted by Gasteiger charge is -2.45. The van der Waals surface area contributed by atoms with Crippen LogP contribution in [0.1, 0.15) is 31.4 Å². The third-order valence-electron chi connectivity index (χ3n) is 6.28. The fraction of sp³-hybridized carbons (Fsp3) is 0.435. The van der Waals surface area contributed by atoms with Crippen LogP contribution in [0.2, 0.25) is 0 Å². The first kappa shape index (κ1) is 19.4. The molecule has 27 heavy (non-hydrogen) atoms. The van der Waals surface area contributed by atoms with Gasteiger partial charge in [-0.3, -0.25) is 4.79 Å². The summed E-state index contributed by atoms with van der Waals surface area (Å²) in [7, 11) is 0. The third kappa shape index (κ3) is 4.51. The molecule has 1 heterocycles. The number of likely N-dealkylation sites (tertiary alicyclic amines) is 1. The molecule has 1 fully saturated rings. The quantitative estimate of drug-likeness (QED) is 0.824. The highest BCUT2D eigenvalue weighted by atomic mass is 16.3. The van der Waals surface area contributed by atoms with Crippen LogP contribution >= 0.6 is 0 Å². The number of nitrogens with zero attached hydrogens (tertiary/aromatic N) is 1. The Hall–Kier alpha value is -2.33. The number of primary amides is 1. The van der Waals surface area contributed by atoms with Gasteiger partial charge in [0.2, 0.25) is 5.91 Å². The van der Waals surface area contributed by atoms with E-state index < -0.39 is 0 Å².